The van der Waals surface area contributed by atoms with Crippen molar-refractivity contribution in [3.05, 3.63) is 23.8 Å². The predicted octanol–water partition coefficient (Wildman–Crippen LogP) is 3.66. The van der Waals surface area contributed by atoms with Crippen molar-refractivity contribution >= 4 is 5.78 Å². The SMILES string of the molecule is C[C@]12CC[C@H]3[C@@H](CCC4=CC(=O)C=C[C@@]43C)[C@@H]1CC[C@H]2O. The fourth-order valence-corrected chi connectivity index (χ4v) is 6.17. The third-order valence-corrected chi connectivity index (χ3v) is 7.51. The number of allylic oxidation sites excluding steroid dienone is 4. The van der Waals surface area contributed by atoms with E-state index in [1.54, 1.807) is 6.08 Å². The maximum Gasteiger partial charge on any atom is 0.178 e. The Morgan fingerprint density at radius 1 is 1.14 bits per heavy atom. The first kappa shape index (κ1) is 13.8. The number of fused-ring (bicyclic) bond motifs is 5. The molecular formula is C19H26O2. The molecule has 0 aromatic carbocycles. The summed E-state index contributed by atoms with van der Waals surface area (Å²) in [4.78, 5) is 11.7. The molecule has 0 heterocycles. The van der Waals surface area contributed by atoms with E-state index in [1.807, 2.05) is 6.08 Å². The van der Waals surface area contributed by atoms with Crippen LogP contribution in [0.4, 0.5) is 0 Å². The highest BCUT2D eigenvalue weighted by molar-refractivity contribution is 6.01. The Bertz CT molecular complexity index is 546. The molecule has 4 aliphatic rings. The molecule has 0 unspecified atom stereocenters. The summed E-state index contributed by atoms with van der Waals surface area (Å²) in [6.07, 6.45) is 12.6. The van der Waals surface area contributed by atoms with Crippen molar-refractivity contribution in [2.24, 2.45) is 28.6 Å². The van der Waals surface area contributed by atoms with E-state index in [-0.39, 0.29) is 22.7 Å². The van der Waals surface area contributed by atoms with Crippen molar-refractivity contribution in [1.29, 1.82) is 0 Å². The topological polar surface area (TPSA) is 37.3 Å². The second-order valence-electron chi connectivity index (χ2n) is 8.24. The molecule has 1 N–H and O–H groups in total. The summed E-state index contributed by atoms with van der Waals surface area (Å²) in [7, 11) is 0. The molecule has 3 saturated carbocycles. The highest BCUT2D eigenvalue weighted by Crippen LogP contribution is 2.64. The number of ketones is 1. The second-order valence-corrected chi connectivity index (χ2v) is 8.24. The molecule has 0 bridgehead atoms. The molecule has 6 atom stereocenters. The van der Waals surface area contributed by atoms with Gasteiger partial charge >= 0.3 is 0 Å². The molecule has 0 aromatic heterocycles. The largest absolute Gasteiger partial charge is 0.393 e. The number of hydrogen-bond donors (Lipinski definition) is 1. The Morgan fingerprint density at radius 2 is 1.95 bits per heavy atom. The first-order chi connectivity index (χ1) is 9.95. The summed E-state index contributed by atoms with van der Waals surface area (Å²) in [5, 5.41) is 10.4. The minimum absolute atomic E-state index is 0.0890. The molecule has 0 aromatic rings. The molecule has 4 rings (SSSR count). The number of hydrogen-bond acceptors (Lipinski definition) is 2. The van der Waals surface area contributed by atoms with Crippen molar-refractivity contribution < 1.29 is 9.90 Å². The van der Waals surface area contributed by atoms with Crippen LogP contribution < -0.4 is 0 Å². The van der Waals surface area contributed by atoms with Crippen LogP contribution >= 0.6 is 0 Å². The van der Waals surface area contributed by atoms with Gasteiger partial charge in [0, 0.05) is 5.41 Å². The van der Waals surface area contributed by atoms with Gasteiger partial charge in [0.15, 0.2) is 5.78 Å². The molecular weight excluding hydrogens is 260 g/mol. The normalized spacial score (nSPS) is 52.0. The highest BCUT2D eigenvalue weighted by atomic mass is 16.3. The third-order valence-electron chi connectivity index (χ3n) is 7.51. The summed E-state index contributed by atoms with van der Waals surface area (Å²) < 4.78 is 0. The molecule has 114 valence electrons. The first-order valence-corrected chi connectivity index (χ1v) is 8.57. The lowest BCUT2D eigenvalue weighted by atomic mass is 9.48. The number of aliphatic hydroxyl groups is 1. The van der Waals surface area contributed by atoms with Crippen LogP contribution in [0.2, 0.25) is 0 Å². The molecule has 0 saturated heterocycles. The van der Waals surface area contributed by atoms with E-state index in [9.17, 15) is 9.90 Å². The zero-order valence-corrected chi connectivity index (χ0v) is 13.1. The fourth-order valence-electron chi connectivity index (χ4n) is 6.17. The van der Waals surface area contributed by atoms with Gasteiger partial charge in [0.2, 0.25) is 0 Å². The molecule has 4 aliphatic carbocycles. The standard InChI is InChI=1S/C19H26O2/c1-18-9-7-13(20)11-12(18)3-4-14-15-5-6-17(21)19(15,2)10-8-16(14)18/h7,9,11,14-17,21H,3-6,8,10H2,1-2H3/t14-,15-,16-,17+,18-,19-/m0/s1. The van der Waals surface area contributed by atoms with E-state index in [1.165, 1.54) is 24.8 Å². The van der Waals surface area contributed by atoms with Crippen molar-refractivity contribution in [2.75, 3.05) is 0 Å². The molecule has 2 nitrogen and oxygen atoms in total. The van der Waals surface area contributed by atoms with Crippen molar-refractivity contribution in [2.45, 2.75) is 58.5 Å². The number of rotatable bonds is 0. The Balaban J connectivity index is 1.70. The maximum absolute atomic E-state index is 11.7. The molecule has 21 heavy (non-hydrogen) atoms. The Morgan fingerprint density at radius 3 is 2.76 bits per heavy atom. The summed E-state index contributed by atoms with van der Waals surface area (Å²) in [6.45, 7) is 4.66. The summed E-state index contributed by atoms with van der Waals surface area (Å²) in [5.41, 5.74) is 1.59. The lowest BCUT2D eigenvalue weighted by Crippen LogP contribution is -2.50. The number of aliphatic hydroxyl groups excluding tert-OH is 1. The predicted molar refractivity (Wildman–Crippen MR) is 82.6 cm³/mol. The Hall–Kier alpha value is -0.890. The minimum Gasteiger partial charge on any atom is -0.393 e. The van der Waals surface area contributed by atoms with Gasteiger partial charge in [-0.1, -0.05) is 25.5 Å². The van der Waals surface area contributed by atoms with Crippen LogP contribution in [-0.2, 0) is 4.79 Å². The zero-order valence-electron chi connectivity index (χ0n) is 13.1. The first-order valence-electron chi connectivity index (χ1n) is 8.57. The number of carbonyl (C=O) groups is 1. The molecule has 2 heteroatoms. The van der Waals surface area contributed by atoms with Gasteiger partial charge in [-0.25, -0.2) is 0 Å². The lowest BCUT2D eigenvalue weighted by molar-refractivity contribution is -0.111. The molecule has 0 spiro atoms. The van der Waals surface area contributed by atoms with Gasteiger partial charge < -0.3 is 5.11 Å². The van der Waals surface area contributed by atoms with Gasteiger partial charge in [0.25, 0.3) is 0 Å². The lowest BCUT2D eigenvalue weighted by Gasteiger charge is -2.56. The molecule has 3 fully saturated rings. The smallest absolute Gasteiger partial charge is 0.178 e. The van der Waals surface area contributed by atoms with Crippen LogP contribution in [0.3, 0.4) is 0 Å². The van der Waals surface area contributed by atoms with E-state index >= 15 is 0 Å². The maximum atomic E-state index is 11.7. The fraction of sp³-hybridized carbons (Fsp3) is 0.737. The Labute approximate surface area is 127 Å². The quantitative estimate of drug-likeness (QED) is 0.738. The van der Waals surface area contributed by atoms with Gasteiger partial charge in [-0.05, 0) is 73.8 Å². The third kappa shape index (κ3) is 1.72. The van der Waals surface area contributed by atoms with Crippen LogP contribution in [0, 0.1) is 28.6 Å². The van der Waals surface area contributed by atoms with E-state index < -0.39 is 0 Å². The monoisotopic (exact) mass is 286 g/mol. The zero-order chi connectivity index (χ0) is 14.8. The van der Waals surface area contributed by atoms with E-state index in [2.05, 4.69) is 19.9 Å². The van der Waals surface area contributed by atoms with Gasteiger partial charge in [-0.2, -0.15) is 0 Å². The van der Waals surface area contributed by atoms with E-state index in [0.29, 0.717) is 11.8 Å². The summed E-state index contributed by atoms with van der Waals surface area (Å²) >= 11 is 0. The van der Waals surface area contributed by atoms with E-state index in [4.69, 9.17) is 0 Å². The summed E-state index contributed by atoms with van der Waals surface area (Å²) in [5.74, 6) is 2.22. The van der Waals surface area contributed by atoms with Gasteiger partial charge in [0.05, 0.1) is 6.10 Å². The summed E-state index contributed by atoms with van der Waals surface area (Å²) in [6, 6.07) is 0. The minimum atomic E-state index is -0.100. The van der Waals surface area contributed by atoms with Crippen molar-refractivity contribution in [1.82, 2.24) is 0 Å². The molecule has 0 amide bonds. The van der Waals surface area contributed by atoms with Crippen LogP contribution in [0.15, 0.2) is 23.8 Å². The van der Waals surface area contributed by atoms with Crippen LogP contribution in [0.5, 0.6) is 0 Å². The van der Waals surface area contributed by atoms with Crippen LogP contribution in [-0.4, -0.2) is 17.0 Å². The van der Waals surface area contributed by atoms with Crippen LogP contribution in [0.25, 0.3) is 0 Å². The highest BCUT2D eigenvalue weighted by Gasteiger charge is 2.58. The van der Waals surface area contributed by atoms with Crippen molar-refractivity contribution in [3.63, 3.8) is 0 Å². The second kappa shape index (κ2) is 4.32. The van der Waals surface area contributed by atoms with E-state index in [0.717, 1.165) is 25.2 Å². The average Bonchev–Trinajstić information content (AvgIpc) is 2.76. The molecule has 0 radical (unpaired) electrons. The van der Waals surface area contributed by atoms with Gasteiger partial charge in [0.1, 0.15) is 0 Å². The van der Waals surface area contributed by atoms with Crippen molar-refractivity contribution in [3.8, 4) is 0 Å². The number of carbonyl (C=O) groups excluding carboxylic acids is 1. The average molecular weight is 286 g/mol. The molecule has 0 aliphatic heterocycles. The van der Waals surface area contributed by atoms with Gasteiger partial charge in [-0.3, -0.25) is 4.79 Å². The van der Waals surface area contributed by atoms with Gasteiger partial charge in [-0.15, -0.1) is 0 Å². The Kier molecular flexibility index (Phi) is 2.83. The van der Waals surface area contributed by atoms with Crippen LogP contribution in [0.1, 0.15) is 52.4 Å².